The Morgan fingerprint density at radius 3 is 2.88 bits per heavy atom. The number of nitrogens with one attached hydrogen (secondary N) is 1. The van der Waals surface area contributed by atoms with E-state index in [2.05, 4.69) is 15.3 Å². The van der Waals surface area contributed by atoms with Crippen molar-refractivity contribution in [3.05, 3.63) is 10.4 Å². The molecule has 3 N–H and O–H groups in total. The lowest BCUT2D eigenvalue weighted by Gasteiger charge is -2.37. The summed E-state index contributed by atoms with van der Waals surface area (Å²) in [7, 11) is 0. The van der Waals surface area contributed by atoms with Gasteiger partial charge in [0.25, 0.3) is 0 Å². The minimum absolute atomic E-state index is 0.0540. The third kappa shape index (κ3) is 3.07. The predicted molar refractivity (Wildman–Crippen MR) is 53.4 cm³/mol. The van der Waals surface area contributed by atoms with Crippen LogP contribution in [0.25, 0.3) is 10.4 Å². The minimum Gasteiger partial charge on any atom is -0.388 e. The zero-order chi connectivity index (χ0) is 12.1. The van der Waals surface area contributed by atoms with Gasteiger partial charge >= 0.3 is 0 Å². The van der Waals surface area contributed by atoms with E-state index >= 15 is 0 Å². The van der Waals surface area contributed by atoms with Gasteiger partial charge in [-0.1, -0.05) is 5.11 Å². The predicted octanol–water partition coefficient (Wildman–Crippen LogP) is -1.08. The molecule has 0 aromatic heterocycles. The second-order valence-corrected chi connectivity index (χ2v) is 3.57. The zero-order valence-electron chi connectivity index (χ0n) is 8.78. The van der Waals surface area contributed by atoms with Crippen LogP contribution in [-0.2, 0) is 9.53 Å². The Hall–Kier alpha value is -1.34. The summed E-state index contributed by atoms with van der Waals surface area (Å²) in [5, 5.41) is 25.0. The number of rotatable bonds is 3. The topological polar surface area (TPSA) is 128 Å². The first-order valence-electron chi connectivity index (χ1n) is 4.82. The molecule has 4 atom stereocenters. The summed E-state index contributed by atoms with van der Waals surface area (Å²) in [4.78, 5) is 13.3. The number of carbonyl (C=O) groups is 1. The summed E-state index contributed by atoms with van der Waals surface area (Å²) in [5.74, 6) is -0.312. The van der Waals surface area contributed by atoms with Crippen molar-refractivity contribution >= 4 is 5.91 Å². The van der Waals surface area contributed by atoms with E-state index in [0.717, 1.165) is 0 Å². The zero-order valence-corrected chi connectivity index (χ0v) is 8.78. The van der Waals surface area contributed by atoms with Gasteiger partial charge < -0.3 is 20.3 Å². The largest absolute Gasteiger partial charge is 0.388 e. The van der Waals surface area contributed by atoms with E-state index in [9.17, 15) is 15.0 Å². The lowest BCUT2D eigenvalue weighted by molar-refractivity contribution is -0.151. The van der Waals surface area contributed by atoms with E-state index < -0.39 is 24.4 Å². The van der Waals surface area contributed by atoms with E-state index in [4.69, 9.17) is 10.3 Å². The Bertz CT molecular complexity index is 288. The standard InChI is InChI=1S/C8H14N4O4/c1-4(13)11-5-3-16-6(2-10-12-9)8(15)7(5)14/h5-8,14-15H,2-3H2,1H3,(H,11,13)/t5?,6?,7?,8-/m1/s1. The third-order valence-electron chi connectivity index (χ3n) is 2.35. The molecule has 3 unspecified atom stereocenters. The molecular weight excluding hydrogens is 216 g/mol. The van der Waals surface area contributed by atoms with Crippen LogP contribution in [0.5, 0.6) is 0 Å². The molecule has 0 spiro atoms. The number of nitrogens with zero attached hydrogens (tertiary/aromatic N) is 3. The Balaban J connectivity index is 2.56. The highest BCUT2D eigenvalue weighted by atomic mass is 16.5. The van der Waals surface area contributed by atoms with Gasteiger partial charge in [-0.05, 0) is 5.53 Å². The van der Waals surface area contributed by atoms with Gasteiger partial charge in [-0.3, -0.25) is 4.79 Å². The van der Waals surface area contributed by atoms with Crippen molar-refractivity contribution in [3.63, 3.8) is 0 Å². The molecule has 1 aliphatic heterocycles. The molecule has 0 radical (unpaired) electrons. The fourth-order valence-corrected chi connectivity index (χ4v) is 1.55. The molecule has 0 bridgehead atoms. The number of aliphatic hydroxyl groups is 2. The van der Waals surface area contributed by atoms with Crippen molar-refractivity contribution in [1.29, 1.82) is 0 Å². The normalized spacial score (nSPS) is 33.9. The Morgan fingerprint density at radius 2 is 2.31 bits per heavy atom. The van der Waals surface area contributed by atoms with Crippen molar-refractivity contribution in [2.75, 3.05) is 13.2 Å². The Morgan fingerprint density at radius 1 is 1.62 bits per heavy atom. The quantitative estimate of drug-likeness (QED) is 0.323. The maximum Gasteiger partial charge on any atom is 0.217 e. The molecule has 1 saturated heterocycles. The lowest BCUT2D eigenvalue weighted by atomic mass is 9.98. The molecule has 0 saturated carbocycles. The average molecular weight is 230 g/mol. The monoisotopic (exact) mass is 230 g/mol. The van der Waals surface area contributed by atoms with Crippen molar-refractivity contribution < 1.29 is 19.7 Å². The van der Waals surface area contributed by atoms with Gasteiger partial charge in [-0.25, -0.2) is 0 Å². The molecular formula is C8H14N4O4. The van der Waals surface area contributed by atoms with E-state index in [1.807, 2.05) is 0 Å². The van der Waals surface area contributed by atoms with Crippen LogP contribution >= 0.6 is 0 Å². The fourth-order valence-electron chi connectivity index (χ4n) is 1.55. The van der Waals surface area contributed by atoms with E-state index in [-0.39, 0.29) is 19.1 Å². The van der Waals surface area contributed by atoms with Crippen molar-refractivity contribution in [1.82, 2.24) is 5.32 Å². The number of carbonyl (C=O) groups excluding carboxylic acids is 1. The summed E-state index contributed by atoms with van der Waals surface area (Å²) in [5.41, 5.74) is 8.12. The number of ether oxygens (including phenoxy) is 1. The molecule has 1 heterocycles. The van der Waals surface area contributed by atoms with Crippen LogP contribution < -0.4 is 5.32 Å². The number of aliphatic hydroxyl groups excluding tert-OH is 2. The van der Waals surface area contributed by atoms with Gasteiger partial charge in [0, 0.05) is 11.8 Å². The van der Waals surface area contributed by atoms with Crippen LogP contribution in [0.3, 0.4) is 0 Å². The molecule has 16 heavy (non-hydrogen) atoms. The van der Waals surface area contributed by atoms with Crippen LogP contribution in [0, 0.1) is 0 Å². The molecule has 0 aromatic rings. The number of azide groups is 1. The Kier molecular flexibility index (Phi) is 4.51. The van der Waals surface area contributed by atoms with Gasteiger partial charge in [-0.2, -0.15) is 0 Å². The number of hydrogen-bond acceptors (Lipinski definition) is 5. The first-order valence-corrected chi connectivity index (χ1v) is 4.82. The highest BCUT2D eigenvalue weighted by Gasteiger charge is 2.38. The molecule has 0 aliphatic carbocycles. The molecule has 1 fully saturated rings. The van der Waals surface area contributed by atoms with Crippen LogP contribution in [-0.4, -0.2) is 53.6 Å². The SMILES string of the molecule is CC(=O)NC1COC(CN=[N+]=[N-])[C@@H](O)C1O. The molecule has 1 amide bonds. The molecule has 8 heteroatoms. The first-order chi connectivity index (χ1) is 7.56. The van der Waals surface area contributed by atoms with E-state index in [0.29, 0.717) is 0 Å². The second-order valence-electron chi connectivity index (χ2n) is 3.57. The van der Waals surface area contributed by atoms with Crippen molar-refractivity contribution in [2.45, 2.75) is 31.3 Å². The van der Waals surface area contributed by atoms with E-state index in [1.54, 1.807) is 0 Å². The van der Waals surface area contributed by atoms with Crippen LogP contribution in [0.4, 0.5) is 0 Å². The summed E-state index contributed by atoms with van der Waals surface area (Å²) >= 11 is 0. The Labute approximate surface area is 91.8 Å². The van der Waals surface area contributed by atoms with Crippen LogP contribution in [0.15, 0.2) is 5.11 Å². The smallest absolute Gasteiger partial charge is 0.217 e. The maximum atomic E-state index is 10.8. The molecule has 1 rings (SSSR count). The maximum absolute atomic E-state index is 10.8. The van der Waals surface area contributed by atoms with Crippen molar-refractivity contribution in [2.24, 2.45) is 5.11 Å². The average Bonchev–Trinajstić information content (AvgIpc) is 2.23. The third-order valence-corrected chi connectivity index (χ3v) is 2.35. The van der Waals surface area contributed by atoms with Gasteiger partial charge in [-0.15, -0.1) is 0 Å². The van der Waals surface area contributed by atoms with Crippen LogP contribution in [0.1, 0.15) is 6.92 Å². The van der Waals surface area contributed by atoms with Gasteiger partial charge in [0.2, 0.25) is 5.91 Å². The summed E-state index contributed by atoms with van der Waals surface area (Å²) in [6.45, 7) is 1.33. The second kappa shape index (κ2) is 5.66. The first kappa shape index (κ1) is 12.7. The highest BCUT2D eigenvalue weighted by Crippen LogP contribution is 2.16. The molecule has 90 valence electrons. The minimum atomic E-state index is -1.18. The number of hydrogen-bond donors (Lipinski definition) is 3. The molecule has 0 aromatic carbocycles. The molecule has 8 nitrogen and oxygen atoms in total. The van der Waals surface area contributed by atoms with E-state index in [1.165, 1.54) is 6.92 Å². The van der Waals surface area contributed by atoms with Crippen LogP contribution in [0.2, 0.25) is 0 Å². The summed E-state index contributed by atoms with van der Waals surface area (Å²) in [6, 6.07) is -0.644. The lowest BCUT2D eigenvalue weighted by Crippen LogP contribution is -2.59. The van der Waals surface area contributed by atoms with Gasteiger partial charge in [0.15, 0.2) is 0 Å². The highest BCUT2D eigenvalue weighted by molar-refractivity contribution is 5.73. The van der Waals surface area contributed by atoms with Gasteiger partial charge in [0.1, 0.15) is 12.2 Å². The van der Waals surface area contributed by atoms with Crippen molar-refractivity contribution in [3.8, 4) is 0 Å². The fraction of sp³-hybridized carbons (Fsp3) is 0.875. The van der Waals surface area contributed by atoms with Gasteiger partial charge in [0.05, 0.1) is 25.3 Å². The number of amides is 1. The summed E-state index contributed by atoms with van der Waals surface area (Å²) < 4.78 is 5.19. The summed E-state index contributed by atoms with van der Waals surface area (Å²) in [6.07, 6.45) is -3.05. The molecule has 1 aliphatic rings.